The third kappa shape index (κ3) is 3.06. The smallest absolute Gasteiger partial charge is 0.202 e. The van der Waals surface area contributed by atoms with E-state index in [4.69, 9.17) is 0 Å². The second-order valence-corrected chi connectivity index (χ2v) is 5.82. The highest BCUT2D eigenvalue weighted by molar-refractivity contribution is 5.28. The molecule has 1 N–H and O–H groups in total. The largest absolute Gasteiger partial charge is 0.353 e. The van der Waals surface area contributed by atoms with Crippen molar-refractivity contribution >= 4 is 5.95 Å². The minimum atomic E-state index is 0.594. The van der Waals surface area contributed by atoms with Crippen molar-refractivity contribution in [2.75, 3.05) is 5.32 Å². The van der Waals surface area contributed by atoms with Gasteiger partial charge in [0.25, 0.3) is 0 Å². The maximum atomic E-state index is 4.47. The standard InChI is InChI=1S/C15H27N3/c1-4-5-10-18-11-9-16-15(18)17-14-8-6-7-12(2)13(14)3/h9,11-14H,4-8,10H2,1-3H3,(H,16,17). The van der Waals surface area contributed by atoms with E-state index in [0.29, 0.717) is 6.04 Å². The maximum Gasteiger partial charge on any atom is 0.202 e. The zero-order valence-electron chi connectivity index (χ0n) is 12.0. The lowest BCUT2D eigenvalue weighted by molar-refractivity contribution is 0.252. The van der Waals surface area contributed by atoms with Gasteiger partial charge in [-0.05, 0) is 24.7 Å². The lowest BCUT2D eigenvalue weighted by atomic mass is 9.78. The molecule has 1 fully saturated rings. The van der Waals surface area contributed by atoms with Gasteiger partial charge in [-0.15, -0.1) is 0 Å². The van der Waals surface area contributed by atoms with Gasteiger partial charge >= 0.3 is 0 Å². The first kappa shape index (κ1) is 13.4. The fourth-order valence-corrected chi connectivity index (χ4v) is 2.91. The number of nitrogens with one attached hydrogen (secondary N) is 1. The summed E-state index contributed by atoms with van der Waals surface area (Å²) in [7, 11) is 0. The molecular formula is C15H27N3. The highest BCUT2D eigenvalue weighted by atomic mass is 15.2. The summed E-state index contributed by atoms with van der Waals surface area (Å²) in [5, 5.41) is 3.67. The van der Waals surface area contributed by atoms with Crippen LogP contribution in [-0.4, -0.2) is 15.6 Å². The normalized spacial score (nSPS) is 28.3. The molecule has 102 valence electrons. The Morgan fingerprint density at radius 2 is 2.22 bits per heavy atom. The highest BCUT2D eigenvalue weighted by Crippen LogP contribution is 2.31. The molecule has 1 aliphatic rings. The molecule has 3 heteroatoms. The van der Waals surface area contributed by atoms with E-state index in [1.165, 1.54) is 32.1 Å². The molecule has 0 radical (unpaired) electrons. The number of rotatable bonds is 5. The Hall–Kier alpha value is -0.990. The zero-order valence-corrected chi connectivity index (χ0v) is 12.0. The van der Waals surface area contributed by atoms with Crippen LogP contribution in [0.5, 0.6) is 0 Å². The number of unbranched alkanes of at least 4 members (excludes halogenated alkanes) is 1. The molecule has 0 saturated heterocycles. The van der Waals surface area contributed by atoms with E-state index in [9.17, 15) is 0 Å². The Kier molecular flexibility index (Phi) is 4.67. The number of imidazole rings is 1. The van der Waals surface area contributed by atoms with E-state index in [2.05, 4.69) is 41.8 Å². The summed E-state index contributed by atoms with van der Waals surface area (Å²) in [6, 6.07) is 0.594. The number of nitrogens with zero attached hydrogens (tertiary/aromatic N) is 2. The number of aryl methyl sites for hydroxylation is 1. The van der Waals surface area contributed by atoms with Crippen LogP contribution in [0.1, 0.15) is 52.9 Å². The van der Waals surface area contributed by atoms with Gasteiger partial charge in [0.15, 0.2) is 0 Å². The molecule has 0 aliphatic heterocycles. The van der Waals surface area contributed by atoms with Crippen molar-refractivity contribution < 1.29 is 0 Å². The van der Waals surface area contributed by atoms with Crippen molar-refractivity contribution in [2.45, 2.75) is 65.5 Å². The van der Waals surface area contributed by atoms with Crippen molar-refractivity contribution in [3.8, 4) is 0 Å². The first-order valence-electron chi connectivity index (χ1n) is 7.50. The maximum absolute atomic E-state index is 4.47. The van der Waals surface area contributed by atoms with Crippen LogP contribution in [0.3, 0.4) is 0 Å². The average Bonchev–Trinajstić information content (AvgIpc) is 2.80. The Balaban J connectivity index is 1.97. The van der Waals surface area contributed by atoms with Crippen LogP contribution in [0, 0.1) is 11.8 Å². The van der Waals surface area contributed by atoms with E-state index in [1.54, 1.807) is 0 Å². The molecule has 3 atom stereocenters. The molecule has 3 unspecified atom stereocenters. The molecule has 1 aromatic rings. The molecule has 18 heavy (non-hydrogen) atoms. The van der Waals surface area contributed by atoms with Crippen molar-refractivity contribution in [3.63, 3.8) is 0 Å². The molecule has 0 aromatic carbocycles. The summed E-state index contributed by atoms with van der Waals surface area (Å²) < 4.78 is 2.26. The van der Waals surface area contributed by atoms with Gasteiger partial charge < -0.3 is 9.88 Å². The second-order valence-electron chi connectivity index (χ2n) is 5.82. The van der Waals surface area contributed by atoms with Crippen LogP contribution in [0.4, 0.5) is 5.95 Å². The first-order chi connectivity index (χ1) is 8.72. The third-order valence-corrected chi connectivity index (χ3v) is 4.49. The molecule has 2 rings (SSSR count). The van der Waals surface area contributed by atoms with E-state index >= 15 is 0 Å². The van der Waals surface area contributed by atoms with Gasteiger partial charge in [-0.1, -0.05) is 40.0 Å². The van der Waals surface area contributed by atoms with Crippen LogP contribution in [0.2, 0.25) is 0 Å². The monoisotopic (exact) mass is 249 g/mol. The van der Waals surface area contributed by atoms with E-state index in [1.807, 2.05) is 6.20 Å². The van der Waals surface area contributed by atoms with Crippen molar-refractivity contribution in [3.05, 3.63) is 12.4 Å². The number of hydrogen-bond donors (Lipinski definition) is 1. The molecule has 0 spiro atoms. The topological polar surface area (TPSA) is 29.9 Å². The summed E-state index contributed by atoms with van der Waals surface area (Å²) in [6.45, 7) is 8.06. The molecular weight excluding hydrogens is 222 g/mol. The van der Waals surface area contributed by atoms with Crippen LogP contribution in [0.15, 0.2) is 12.4 Å². The second kappa shape index (κ2) is 6.26. The number of hydrogen-bond acceptors (Lipinski definition) is 2. The molecule has 1 aliphatic carbocycles. The van der Waals surface area contributed by atoms with Crippen molar-refractivity contribution in [1.82, 2.24) is 9.55 Å². The Morgan fingerprint density at radius 3 is 3.00 bits per heavy atom. The Labute approximate surface area is 111 Å². The SMILES string of the molecule is CCCCn1ccnc1NC1CCCC(C)C1C. The molecule has 1 aromatic heterocycles. The first-order valence-corrected chi connectivity index (χ1v) is 7.50. The van der Waals surface area contributed by atoms with Gasteiger partial charge in [0.05, 0.1) is 0 Å². The van der Waals surface area contributed by atoms with Crippen molar-refractivity contribution in [1.29, 1.82) is 0 Å². The third-order valence-electron chi connectivity index (χ3n) is 4.49. The fraction of sp³-hybridized carbons (Fsp3) is 0.800. The summed E-state index contributed by atoms with van der Waals surface area (Å²) >= 11 is 0. The van der Waals surface area contributed by atoms with Crippen LogP contribution in [-0.2, 0) is 6.54 Å². The molecule has 1 heterocycles. The number of aromatic nitrogens is 2. The van der Waals surface area contributed by atoms with Gasteiger partial charge in [-0.25, -0.2) is 4.98 Å². The van der Waals surface area contributed by atoms with Gasteiger partial charge in [0, 0.05) is 25.0 Å². The molecule has 0 bridgehead atoms. The van der Waals surface area contributed by atoms with Crippen LogP contribution >= 0.6 is 0 Å². The van der Waals surface area contributed by atoms with Crippen LogP contribution in [0.25, 0.3) is 0 Å². The zero-order chi connectivity index (χ0) is 13.0. The summed E-state index contributed by atoms with van der Waals surface area (Å²) in [4.78, 5) is 4.47. The fourth-order valence-electron chi connectivity index (χ4n) is 2.91. The highest BCUT2D eigenvalue weighted by Gasteiger charge is 2.27. The molecule has 1 saturated carbocycles. The average molecular weight is 249 g/mol. The van der Waals surface area contributed by atoms with Gasteiger partial charge in [0.1, 0.15) is 0 Å². The lowest BCUT2D eigenvalue weighted by Crippen LogP contribution is -2.35. The van der Waals surface area contributed by atoms with E-state index in [-0.39, 0.29) is 0 Å². The quantitative estimate of drug-likeness (QED) is 0.857. The Bertz CT molecular complexity index is 358. The summed E-state index contributed by atoms with van der Waals surface area (Å²) in [5.41, 5.74) is 0. The molecule has 0 amide bonds. The van der Waals surface area contributed by atoms with Gasteiger partial charge in [0.2, 0.25) is 5.95 Å². The predicted molar refractivity (Wildman–Crippen MR) is 76.7 cm³/mol. The molecule has 3 nitrogen and oxygen atoms in total. The predicted octanol–water partition coefficient (Wildman–Crippen LogP) is 3.92. The summed E-state index contributed by atoms with van der Waals surface area (Å²) in [6.07, 6.45) is 10.5. The van der Waals surface area contributed by atoms with Crippen LogP contribution < -0.4 is 5.32 Å². The van der Waals surface area contributed by atoms with Crippen molar-refractivity contribution in [2.24, 2.45) is 11.8 Å². The van der Waals surface area contributed by atoms with E-state index in [0.717, 1.165) is 24.3 Å². The number of anilines is 1. The van der Waals surface area contributed by atoms with Gasteiger partial charge in [-0.3, -0.25) is 0 Å². The van der Waals surface area contributed by atoms with E-state index < -0.39 is 0 Å². The van der Waals surface area contributed by atoms with Gasteiger partial charge in [-0.2, -0.15) is 0 Å². The summed E-state index contributed by atoms with van der Waals surface area (Å²) in [5.74, 6) is 2.64. The Morgan fingerprint density at radius 1 is 1.39 bits per heavy atom. The minimum Gasteiger partial charge on any atom is -0.353 e. The minimum absolute atomic E-state index is 0.594. The lowest BCUT2D eigenvalue weighted by Gasteiger charge is -2.34.